The Morgan fingerprint density at radius 2 is 2.07 bits per heavy atom. The zero-order valence-electron chi connectivity index (χ0n) is 17.1. The van der Waals surface area contributed by atoms with E-state index in [1.54, 1.807) is 0 Å². The lowest BCUT2D eigenvalue weighted by molar-refractivity contribution is -0.283. The number of esters is 1. The van der Waals surface area contributed by atoms with Gasteiger partial charge in [0.25, 0.3) is 5.24 Å². The van der Waals surface area contributed by atoms with Crippen molar-refractivity contribution in [2.24, 2.45) is 5.92 Å². The average Bonchev–Trinajstić information content (AvgIpc) is 3.09. The summed E-state index contributed by atoms with van der Waals surface area (Å²) in [7, 11) is 0. The molecule has 0 aromatic carbocycles. The maximum absolute atomic E-state index is 12.4. The number of aliphatic hydroxyl groups is 1. The van der Waals surface area contributed by atoms with Crippen molar-refractivity contribution < 1.29 is 24.2 Å². The van der Waals surface area contributed by atoms with Crippen LogP contribution in [-0.4, -0.2) is 46.1 Å². The molecule has 0 spiro atoms. The van der Waals surface area contributed by atoms with Crippen molar-refractivity contribution in [3.05, 3.63) is 36.0 Å². The molecule has 1 amide bonds. The smallest absolute Gasteiger partial charge is 0.330 e. The minimum atomic E-state index is -1.53. The lowest BCUT2D eigenvalue weighted by Crippen LogP contribution is -2.58. The monoisotopic (exact) mass is 421 g/mol. The largest absolute Gasteiger partial charge is 0.459 e. The summed E-state index contributed by atoms with van der Waals surface area (Å²) in [6.07, 6.45) is 13.2. The Labute approximate surface area is 176 Å². The van der Waals surface area contributed by atoms with Crippen LogP contribution in [0.25, 0.3) is 0 Å². The molecule has 1 unspecified atom stereocenters. The van der Waals surface area contributed by atoms with Gasteiger partial charge in [0.05, 0.1) is 12.1 Å². The molecule has 7 heteroatoms. The molecule has 5 atom stereocenters. The van der Waals surface area contributed by atoms with E-state index in [1.165, 1.54) is 6.08 Å². The molecule has 0 aromatic rings. The Morgan fingerprint density at radius 1 is 1.24 bits per heavy atom. The van der Waals surface area contributed by atoms with Crippen molar-refractivity contribution in [3.63, 3.8) is 0 Å². The summed E-state index contributed by atoms with van der Waals surface area (Å²) in [6, 6.07) is -0.505. The highest BCUT2D eigenvalue weighted by molar-refractivity contribution is 8.14. The van der Waals surface area contributed by atoms with Gasteiger partial charge in [0, 0.05) is 24.7 Å². The van der Waals surface area contributed by atoms with Crippen LogP contribution in [0.2, 0.25) is 0 Å². The fourth-order valence-corrected chi connectivity index (χ4v) is 4.85. The fourth-order valence-electron chi connectivity index (χ4n) is 3.96. The van der Waals surface area contributed by atoms with Gasteiger partial charge >= 0.3 is 5.97 Å². The summed E-state index contributed by atoms with van der Waals surface area (Å²) in [5.74, 6) is -1.10. The third-order valence-corrected chi connectivity index (χ3v) is 6.50. The molecule has 2 fully saturated rings. The van der Waals surface area contributed by atoms with E-state index < -0.39 is 17.9 Å². The topological polar surface area (TPSA) is 84.9 Å². The van der Waals surface area contributed by atoms with Gasteiger partial charge in [-0.2, -0.15) is 0 Å². The maximum Gasteiger partial charge on any atom is 0.330 e. The first-order chi connectivity index (χ1) is 13.8. The van der Waals surface area contributed by atoms with Gasteiger partial charge in [-0.25, -0.2) is 4.79 Å². The zero-order valence-corrected chi connectivity index (χ0v) is 18.0. The predicted molar refractivity (Wildman–Crippen MR) is 113 cm³/mol. The minimum absolute atomic E-state index is 0.159. The maximum atomic E-state index is 12.4. The molecule has 2 saturated heterocycles. The number of thioether (sulfide) groups is 1. The van der Waals surface area contributed by atoms with E-state index in [9.17, 15) is 14.7 Å². The molecule has 3 rings (SSSR count). The molecule has 2 N–H and O–H groups in total. The summed E-state index contributed by atoms with van der Waals surface area (Å²) in [5, 5.41) is 13.8. The Kier molecular flexibility index (Phi) is 7.60. The van der Waals surface area contributed by atoms with Crippen molar-refractivity contribution in [2.75, 3.05) is 5.75 Å². The summed E-state index contributed by atoms with van der Waals surface area (Å²) in [4.78, 5) is 24.0. The van der Waals surface area contributed by atoms with Gasteiger partial charge < -0.3 is 19.9 Å². The molecule has 160 valence electrons. The highest BCUT2D eigenvalue weighted by Gasteiger charge is 2.49. The third kappa shape index (κ3) is 6.46. The molecule has 29 heavy (non-hydrogen) atoms. The summed E-state index contributed by atoms with van der Waals surface area (Å²) in [5.41, 5.74) is 0.961. The molecule has 0 aliphatic carbocycles. The van der Waals surface area contributed by atoms with Crippen LogP contribution in [0.1, 0.15) is 52.4 Å². The van der Waals surface area contributed by atoms with Crippen molar-refractivity contribution in [3.8, 4) is 0 Å². The first kappa shape index (κ1) is 22.1. The molecular weight excluding hydrogens is 390 g/mol. The van der Waals surface area contributed by atoms with Crippen LogP contribution in [0.4, 0.5) is 4.79 Å². The van der Waals surface area contributed by atoms with Crippen LogP contribution >= 0.6 is 11.8 Å². The van der Waals surface area contributed by atoms with Crippen LogP contribution in [-0.2, 0) is 14.3 Å². The highest BCUT2D eigenvalue weighted by atomic mass is 32.2. The summed E-state index contributed by atoms with van der Waals surface area (Å²) >= 11 is 1.14. The van der Waals surface area contributed by atoms with E-state index >= 15 is 0 Å². The van der Waals surface area contributed by atoms with E-state index in [1.807, 2.05) is 13.0 Å². The average molecular weight is 422 g/mol. The minimum Gasteiger partial charge on any atom is -0.459 e. The fraction of sp³-hybridized carbons (Fsp3) is 0.636. The van der Waals surface area contributed by atoms with E-state index in [-0.39, 0.29) is 23.7 Å². The van der Waals surface area contributed by atoms with Gasteiger partial charge in [-0.3, -0.25) is 4.79 Å². The normalized spacial score (nSPS) is 38.8. The second-order valence-corrected chi connectivity index (χ2v) is 9.27. The number of fused-ring (bicyclic) bond motifs is 2. The predicted octanol–water partition coefficient (Wildman–Crippen LogP) is 3.86. The van der Waals surface area contributed by atoms with Crippen molar-refractivity contribution in [2.45, 2.75) is 76.4 Å². The van der Waals surface area contributed by atoms with Crippen LogP contribution in [0.15, 0.2) is 36.0 Å². The van der Waals surface area contributed by atoms with Crippen molar-refractivity contribution in [1.82, 2.24) is 5.32 Å². The Morgan fingerprint density at radius 3 is 2.83 bits per heavy atom. The van der Waals surface area contributed by atoms with Gasteiger partial charge in [0.15, 0.2) is 5.79 Å². The highest BCUT2D eigenvalue weighted by Crippen LogP contribution is 2.36. The molecule has 3 aliphatic heterocycles. The molecule has 2 bridgehead atoms. The first-order valence-corrected chi connectivity index (χ1v) is 11.4. The number of carbonyl (C=O) groups excluding carboxylic acids is 2. The molecular formula is C22H31NO5S. The molecule has 0 radical (unpaired) electrons. The van der Waals surface area contributed by atoms with Crippen molar-refractivity contribution >= 4 is 23.0 Å². The Hall–Kier alpha value is -1.57. The number of rotatable bonds is 1. The van der Waals surface area contributed by atoms with Gasteiger partial charge in [0.1, 0.15) is 6.10 Å². The van der Waals surface area contributed by atoms with Gasteiger partial charge in [0.2, 0.25) is 0 Å². The summed E-state index contributed by atoms with van der Waals surface area (Å²) in [6.45, 7) is 4.07. The Bertz CT molecular complexity index is 703. The standard InChI is InChI=1S/C22H31NO5S/c1-15-7-5-3-4-6-8-16(2)11-20(24)27-18-12-17(10-9-15)28-22(26,13-18)19-14-29-21(25)23-19/h3-5,7,11,15,17-19,26H,6,8-10,12-14H2,1-2H3,(H,23,25)/b4-3?,7-5?,16-11-/t15-,17?,18-,19-,22-/m1/s1. The van der Waals surface area contributed by atoms with Gasteiger partial charge in [-0.15, -0.1) is 0 Å². The molecule has 3 aliphatic rings. The number of ether oxygens (including phenoxy) is 2. The number of allylic oxidation sites excluding steroid dienone is 5. The number of amides is 1. The van der Waals surface area contributed by atoms with E-state index in [4.69, 9.17) is 9.47 Å². The molecule has 6 nitrogen and oxygen atoms in total. The second kappa shape index (κ2) is 9.96. The zero-order chi connectivity index (χ0) is 20.9. The van der Waals surface area contributed by atoms with E-state index in [0.717, 1.165) is 43.0 Å². The third-order valence-electron chi connectivity index (χ3n) is 5.62. The quantitative estimate of drug-likeness (QED) is 0.626. The van der Waals surface area contributed by atoms with E-state index in [2.05, 4.69) is 30.5 Å². The molecule has 0 saturated carbocycles. The number of hydrogen-bond acceptors (Lipinski definition) is 6. The first-order valence-electron chi connectivity index (χ1n) is 10.4. The second-order valence-electron chi connectivity index (χ2n) is 8.28. The Balaban J connectivity index is 1.78. The molecule has 3 heterocycles. The van der Waals surface area contributed by atoms with Gasteiger partial charge in [-0.05, 0) is 38.5 Å². The number of nitrogens with one attached hydrogen (secondary N) is 1. The molecule has 0 aromatic heterocycles. The van der Waals surface area contributed by atoms with Crippen molar-refractivity contribution in [1.29, 1.82) is 0 Å². The SMILES string of the molecule is C/C1=C/C(=O)O[C@@H]2CC(CC[C@H](C)C=CC=CCC1)O[C@@](O)([C@H]1CSC(=O)N1)C2. The number of carbonyl (C=O) groups is 2. The lowest BCUT2D eigenvalue weighted by atomic mass is 9.90. The van der Waals surface area contributed by atoms with Crippen LogP contribution in [0.5, 0.6) is 0 Å². The van der Waals surface area contributed by atoms with Crippen LogP contribution in [0.3, 0.4) is 0 Å². The number of hydrogen-bond donors (Lipinski definition) is 2. The van der Waals surface area contributed by atoms with Gasteiger partial charge in [-0.1, -0.05) is 48.6 Å². The summed E-state index contributed by atoms with van der Waals surface area (Å²) < 4.78 is 11.8. The lowest BCUT2D eigenvalue weighted by Gasteiger charge is -2.43. The van der Waals surface area contributed by atoms with Crippen LogP contribution in [0, 0.1) is 5.92 Å². The van der Waals surface area contributed by atoms with E-state index in [0.29, 0.717) is 18.1 Å². The van der Waals surface area contributed by atoms with Crippen LogP contribution < -0.4 is 5.32 Å².